The van der Waals surface area contributed by atoms with Gasteiger partial charge >= 0.3 is 0 Å². The maximum Gasteiger partial charge on any atom is 0.208 e. The molecule has 24 heavy (non-hydrogen) atoms. The first-order valence-corrected chi connectivity index (χ1v) is 7.72. The molecule has 0 N–H and O–H groups in total. The van der Waals surface area contributed by atoms with E-state index in [4.69, 9.17) is 27.9 Å². The Morgan fingerprint density at radius 1 is 1.04 bits per heavy atom. The number of hydrogen-bond donors (Lipinski definition) is 0. The molecule has 0 unspecified atom stereocenters. The Labute approximate surface area is 147 Å². The standard InChI is InChI=1S/C17H12Cl2F2N2O/c1-9-16(15-13(20)7-12(24-2)8-14(15)21)23(17(19)22-9)11-5-3-10(18)4-6-11/h3-8H,1-2H3. The van der Waals surface area contributed by atoms with Crippen LogP contribution < -0.4 is 4.74 Å². The number of ether oxygens (including phenoxy) is 1. The highest BCUT2D eigenvalue weighted by Crippen LogP contribution is 2.35. The van der Waals surface area contributed by atoms with Gasteiger partial charge < -0.3 is 4.74 Å². The van der Waals surface area contributed by atoms with E-state index >= 15 is 0 Å². The maximum absolute atomic E-state index is 14.5. The third-order valence-electron chi connectivity index (χ3n) is 3.58. The first-order chi connectivity index (χ1) is 11.4. The van der Waals surface area contributed by atoms with Crippen molar-refractivity contribution in [1.82, 2.24) is 9.55 Å². The average Bonchev–Trinajstić information content (AvgIpc) is 2.82. The Morgan fingerprint density at radius 2 is 1.62 bits per heavy atom. The molecule has 0 radical (unpaired) electrons. The molecule has 2 aromatic carbocycles. The van der Waals surface area contributed by atoms with Gasteiger partial charge in [0.25, 0.3) is 0 Å². The van der Waals surface area contributed by atoms with Crippen molar-refractivity contribution in [3.8, 4) is 22.7 Å². The van der Waals surface area contributed by atoms with Crippen LogP contribution in [-0.4, -0.2) is 16.7 Å². The predicted octanol–water partition coefficient (Wildman–Crippen LogP) is 5.44. The molecule has 0 saturated heterocycles. The zero-order chi connectivity index (χ0) is 17.4. The average molecular weight is 369 g/mol. The van der Waals surface area contributed by atoms with Crippen molar-refractivity contribution in [1.29, 1.82) is 0 Å². The summed E-state index contributed by atoms with van der Waals surface area (Å²) in [6, 6.07) is 8.94. The zero-order valence-electron chi connectivity index (χ0n) is 12.8. The highest BCUT2D eigenvalue weighted by molar-refractivity contribution is 6.30. The number of aryl methyl sites for hydroxylation is 1. The largest absolute Gasteiger partial charge is 0.497 e. The van der Waals surface area contributed by atoms with Crippen LogP contribution in [0, 0.1) is 18.6 Å². The molecule has 0 aliphatic rings. The summed E-state index contributed by atoms with van der Waals surface area (Å²) in [6.45, 7) is 1.64. The van der Waals surface area contributed by atoms with Crippen molar-refractivity contribution in [2.24, 2.45) is 0 Å². The topological polar surface area (TPSA) is 27.1 Å². The van der Waals surface area contributed by atoms with Gasteiger partial charge in [0.05, 0.1) is 24.1 Å². The van der Waals surface area contributed by atoms with E-state index in [1.54, 1.807) is 31.2 Å². The number of nitrogens with zero attached hydrogens (tertiary/aromatic N) is 2. The van der Waals surface area contributed by atoms with E-state index in [1.807, 2.05) is 0 Å². The summed E-state index contributed by atoms with van der Waals surface area (Å²) in [7, 11) is 1.34. The van der Waals surface area contributed by atoms with Crippen molar-refractivity contribution in [2.45, 2.75) is 6.92 Å². The van der Waals surface area contributed by atoms with Crippen LogP contribution in [0.4, 0.5) is 8.78 Å². The molecule has 0 fully saturated rings. The molecule has 0 saturated carbocycles. The lowest BCUT2D eigenvalue weighted by atomic mass is 10.1. The van der Waals surface area contributed by atoms with E-state index in [2.05, 4.69) is 4.98 Å². The number of imidazole rings is 1. The van der Waals surface area contributed by atoms with Crippen LogP contribution in [0.2, 0.25) is 10.3 Å². The van der Waals surface area contributed by atoms with E-state index < -0.39 is 11.6 Å². The quantitative estimate of drug-likeness (QED) is 0.615. The van der Waals surface area contributed by atoms with Gasteiger partial charge in [-0.1, -0.05) is 11.6 Å². The first kappa shape index (κ1) is 16.7. The van der Waals surface area contributed by atoms with Gasteiger partial charge in [0.1, 0.15) is 17.4 Å². The van der Waals surface area contributed by atoms with Gasteiger partial charge in [-0.15, -0.1) is 0 Å². The van der Waals surface area contributed by atoms with Crippen LogP contribution in [0.25, 0.3) is 16.9 Å². The van der Waals surface area contributed by atoms with Crippen LogP contribution in [0.1, 0.15) is 5.69 Å². The molecular weight excluding hydrogens is 357 g/mol. The van der Waals surface area contributed by atoms with Gasteiger partial charge in [0.15, 0.2) is 0 Å². The van der Waals surface area contributed by atoms with Crippen molar-refractivity contribution in [3.05, 3.63) is 64.0 Å². The van der Waals surface area contributed by atoms with Gasteiger partial charge in [0.2, 0.25) is 5.28 Å². The second kappa shape index (κ2) is 6.42. The van der Waals surface area contributed by atoms with Crippen LogP contribution in [-0.2, 0) is 0 Å². The molecular formula is C17H12Cl2F2N2O. The van der Waals surface area contributed by atoms with Crippen molar-refractivity contribution in [2.75, 3.05) is 7.11 Å². The van der Waals surface area contributed by atoms with Crippen LogP contribution in [0.5, 0.6) is 5.75 Å². The monoisotopic (exact) mass is 368 g/mol. The second-order valence-corrected chi connectivity index (χ2v) is 5.87. The fraction of sp³-hybridized carbons (Fsp3) is 0.118. The highest BCUT2D eigenvalue weighted by atomic mass is 35.5. The molecule has 0 bridgehead atoms. The molecule has 0 spiro atoms. The van der Waals surface area contributed by atoms with Crippen molar-refractivity contribution < 1.29 is 13.5 Å². The van der Waals surface area contributed by atoms with E-state index in [0.717, 1.165) is 12.1 Å². The molecule has 0 amide bonds. The Kier molecular flexibility index (Phi) is 4.47. The third kappa shape index (κ3) is 2.85. The van der Waals surface area contributed by atoms with E-state index in [1.165, 1.54) is 11.7 Å². The van der Waals surface area contributed by atoms with Crippen LogP contribution in [0.15, 0.2) is 36.4 Å². The lowest BCUT2D eigenvalue weighted by molar-refractivity contribution is 0.407. The highest BCUT2D eigenvalue weighted by Gasteiger charge is 2.23. The third-order valence-corrected chi connectivity index (χ3v) is 4.09. The number of benzene rings is 2. The molecule has 0 atom stereocenters. The Bertz CT molecular complexity index is 885. The van der Waals surface area contributed by atoms with Crippen molar-refractivity contribution >= 4 is 23.2 Å². The zero-order valence-corrected chi connectivity index (χ0v) is 14.3. The first-order valence-electron chi connectivity index (χ1n) is 6.96. The van der Waals surface area contributed by atoms with Gasteiger partial charge in [-0.25, -0.2) is 13.8 Å². The fourth-order valence-electron chi connectivity index (χ4n) is 2.51. The SMILES string of the molecule is COc1cc(F)c(-c2c(C)nc(Cl)n2-c2ccc(Cl)cc2)c(F)c1. The summed E-state index contributed by atoms with van der Waals surface area (Å²) >= 11 is 12.1. The van der Waals surface area contributed by atoms with Crippen LogP contribution in [0.3, 0.4) is 0 Å². The Hall–Kier alpha value is -2.11. The maximum atomic E-state index is 14.5. The number of halogens is 4. The summed E-state index contributed by atoms with van der Waals surface area (Å²) < 4.78 is 35.4. The minimum atomic E-state index is -0.762. The van der Waals surface area contributed by atoms with E-state index in [0.29, 0.717) is 16.4 Å². The van der Waals surface area contributed by atoms with Crippen LogP contribution >= 0.6 is 23.2 Å². The summed E-state index contributed by atoms with van der Waals surface area (Å²) in [4.78, 5) is 4.14. The molecule has 7 heteroatoms. The minimum Gasteiger partial charge on any atom is -0.497 e. The summed E-state index contributed by atoms with van der Waals surface area (Å²) in [5.41, 5.74) is 1.01. The summed E-state index contributed by atoms with van der Waals surface area (Å²) in [5, 5.41) is 0.634. The van der Waals surface area contributed by atoms with Gasteiger partial charge in [0, 0.05) is 22.8 Å². The summed E-state index contributed by atoms with van der Waals surface area (Å²) in [6.07, 6.45) is 0. The van der Waals surface area contributed by atoms with E-state index in [-0.39, 0.29) is 22.3 Å². The number of methoxy groups -OCH3 is 1. The van der Waals surface area contributed by atoms with Crippen molar-refractivity contribution in [3.63, 3.8) is 0 Å². The number of aromatic nitrogens is 2. The van der Waals surface area contributed by atoms with Gasteiger partial charge in [-0.3, -0.25) is 4.57 Å². The molecule has 3 aromatic rings. The van der Waals surface area contributed by atoms with Gasteiger partial charge in [-0.05, 0) is 42.8 Å². The molecule has 3 rings (SSSR count). The Balaban J connectivity index is 2.28. The Morgan fingerprint density at radius 3 is 2.17 bits per heavy atom. The lowest BCUT2D eigenvalue weighted by Gasteiger charge is -2.13. The number of rotatable bonds is 3. The molecule has 0 aliphatic heterocycles. The molecule has 124 valence electrons. The predicted molar refractivity (Wildman–Crippen MR) is 90.2 cm³/mol. The number of hydrogen-bond acceptors (Lipinski definition) is 2. The molecule has 3 nitrogen and oxygen atoms in total. The smallest absolute Gasteiger partial charge is 0.208 e. The normalized spacial score (nSPS) is 10.9. The fourth-order valence-corrected chi connectivity index (χ4v) is 2.94. The lowest BCUT2D eigenvalue weighted by Crippen LogP contribution is -2.02. The van der Waals surface area contributed by atoms with E-state index in [9.17, 15) is 8.78 Å². The molecule has 1 aromatic heterocycles. The summed E-state index contributed by atoms with van der Waals surface area (Å²) in [5.74, 6) is -1.43. The molecule has 0 aliphatic carbocycles. The second-order valence-electron chi connectivity index (χ2n) is 5.09. The molecule has 1 heterocycles. The minimum absolute atomic E-state index is 0.0926. The van der Waals surface area contributed by atoms with Gasteiger partial charge in [-0.2, -0.15) is 0 Å².